The molecule has 4 fully saturated rings. The van der Waals surface area contributed by atoms with E-state index < -0.39 is 0 Å². The average Bonchev–Trinajstić information content (AvgIpc) is 1.96. The lowest BCUT2D eigenvalue weighted by Crippen LogP contribution is -2.62. The molecule has 3 heterocycles. The number of hydrogen-bond acceptors (Lipinski definition) is 2. The summed E-state index contributed by atoms with van der Waals surface area (Å²) in [6.07, 6.45) is 2.33. The maximum Gasteiger partial charge on any atom is 0.141 e. The molecular weight excluding hydrogens is 150 g/mol. The first kappa shape index (κ1) is 7.07. The topological polar surface area (TPSA) is 20.3 Å². The van der Waals surface area contributed by atoms with E-state index in [9.17, 15) is 4.79 Å². The molecule has 4 rings (SSSR count). The van der Waals surface area contributed by atoms with Gasteiger partial charge in [0.25, 0.3) is 0 Å². The molecule has 0 aromatic heterocycles. The van der Waals surface area contributed by atoms with E-state index in [-0.39, 0.29) is 0 Å². The summed E-state index contributed by atoms with van der Waals surface area (Å²) in [7, 11) is 0. The third kappa shape index (κ3) is 0.764. The van der Waals surface area contributed by atoms with Crippen LogP contribution in [0.4, 0.5) is 0 Å². The second-order valence-electron chi connectivity index (χ2n) is 5.21. The monoisotopic (exact) mass is 165 g/mol. The van der Waals surface area contributed by atoms with Gasteiger partial charge in [0.1, 0.15) is 5.78 Å². The summed E-state index contributed by atoms with van der Waals surface area (Å²) < 4.78 is 0. The number of rotatable bonds is 0. The van der Waals surface area contributed by atoms with Crippen LogP contribution in [0, 0.1) is 17.3 Å². The van der Waals surface area contributed by atoms with Crippen molar-refractivity contribution in [2.24, 2.45) is 17.3 Å². The lowest BCUT2D eigenvalue weighted by molar-refractivity contribution is -0.149. The SMILES string of the molecule is CC12CC3CN(CC(C1)C3=O)C2. The van der Waals surface area contributed by atoms with Crippen LogP contribution in [-0.2, 0) is 4.79 Å². The number of nitrogens with zero attached hydrogens (tertiary/aromatic N) is 1. The van der Waals surface area contributed by atoms with Crippen molar-refractivity contribution >= 4 is 5.78 Å². The van der Waals surface area contributed by atoms with Gasteiger partial charge in [0.05, 0.1) is 0 Å². The summed E-state index contributed by atoms with van der Waals surface area (Å²) in [6, 6.07) is 0. The van der Waals surface area contributed by atoms with Crippen molar-refractivity contribution in [1.82, 2.24) is 4.90 Å². The van der Waals surface area contributed by atoms with E-state index in [1.165, 1.54) is 19.4 Å². The first-order valence-corrected chi connectivity index (χ1v) is 4.92. The normalized spacial score (nSPS) is 56.4. The standard InChI is InChI=1S/C10H15NO/c1-10-2-7-4-11(6-10)5-8(3-10)9(7)12/h7-8H,2-6H2,1H3. The van der Waals surface area contributed by atoms with E-state index in [0.29, 0.717) is 23.0 Å². The highest BCUT2D eigenvalue weighted by atomic mass is 16.1. The van der Waals surface area contributed by atoms with E-state index in [0.717, 1.165) is 13.1 Å². The third-order valence-corrected chi connectivity index (χ3v) is 3.85. The largest absolute Gasteiger partial charge is 0.301 e. The van der Waals surface area contributed by atoms with Crippen LogP contribution in [0.2, 0.25) is 0 Å². The van der Waals surface area contributed by atoms with Gasteiger partial charge in [0, 0.05) is 31.5 Å². The van der Waals surface area contributed by atoms with Crippen LogP contribution in [-0.4, -0.2) is 30.3 Å². The maximum absolute atomic E-state index is 11.7. The zero-order valence-electron chi connectivity index (χ0n) is 7.55. The van der Waals surface area contributed by atoms with Crippen LogP contribution >= 0.6 is 0 Å². The number of carbonyl (C=O) groups excluding carboxylic acids is 1. The first-order valence-electron chi connectivity index (χ1n) is 4.92. The van der Waals surface area contributed by atoms with Gasteiger partial charge >= 0.3 is 0 Å². The molecule has 0 N–H and O–H groups in total. The van der Waals surface area contributed by atoms with Crippen molar-refractivity contribution in [3.8, 4) is 0 Å². The van der Waals surface area contributed by atoms with Crippen LogP contribution in [0.25, 0.3) is 0 Å². The van der Waals surface area contributed by atoms with Crippen LogP contribution in [0.1, 0.15) is 19.8 Å². The molecule has 66 valence electrons. The molecule has 3 aliphatic heterocycles. The number of Topliss-reactive ketones (excluding diaryl/α,β-unsaturated/α-hetero) is 1. The fraction of sp³-hybridized carbons (Fsp3) is 0.900. The van der Waals surface area contributed by atoms with Gasteiger partial charge < -0.3 is 4.90 Å². The van der Waals surface area contributed by atoms with E-state index >= 15 is 0 Å². The third-order valence-electron chi connectivity index (χ3n) is 3.85. The van der Waals surface area contributed by atoms with Crippen molar-refractivity contribution < 1.29 is 4.79 Å². The van der Waals surface area contributed by atoms with Crippen molar-refractivity contribution in [3.05, 3.63) is 0 Å². The summed E-state index contributed by atoms with van der Waals surface area (Å²) in [5, 5.41) is 0. The van der Waals surface area contributed by atoms with Crippen LogP contribution in [0.5, 0.6) is 0 Å². The molecule has 2 unspecified atom stereocenters. The van der Waals surface area contributed by atoms with Gasteiger partial charge in [0.15, 0.2) is 0 Å². The number of carbonyl (C=O) groups is 1. The number of ketones is 1. The fourth-order valence-corrected chi connectivity index (χ4v) is 3.61. The molecule has 0 radical (unpaired) electrons. The molecule has 4 bridgehead atoms. The quantitative estimate of drug-likeness (QED) is 0.532. The Balaban J connectivity index is 2.00. The molecule has 4 aliphatic rings. The van der Waals surface area contributed by atoms with Crippen molar-refractivity contribution in [1.29, 1.82) is 0 Å². The zero-order valence-corrected chi connectivity index (χ0v) is 7.55. The number of hydrogen-bond donors (Lipinski definition) is 0. The van der Waals surface area contributed by atoms with Crippen molar-refractivity contribution in [3.63, 3.8) is 0 Å². The van der Waals surface area contributed by atoms with Crippen molar-refractivity contribution in [2.75, 3.05) is 19.6 Å². The summed E-state index contributed by atoms with van der Waals surface area (Å²) in [5.41, 5.74) is 0.486. The smallest absolute Gasteiger partial charge is 0.141 e. The highest BCUT2D eigenvalue weighted by Crippen LogP contribution is 2.48. The van der Waals surface area contributed by atoms with Crippen LogP contribution in [0.15, 0.2) is 0 Å². The number of piperidine rings is 3. The Morgan fingerprint density at radius 2 is 1.92 bits per heavy atom. The molecule has 3 saturated heterocycles. The molecule has 0 aromatic carbocycles. The molecule has 2 heteroatoms. The van der Waals surface area contributed by atoms with Gasteiger partial charge in [-0.2, -0.15) is 0 Å². The molecule has 1 aliphatic carbocycles. The summed E-state index contributed by atoms with van der Waals surface area (Å²) >= 11 is 0. The minimum absolute atomic E-state index is 0.399. The Kier molecular flexibility index (Phi) is 1.13. The maximum atomic E-state index is 11.7. The Morgan fingerprint density at radius 3 is 2.42 bits per heavy atom. The molecule has 2 atom stereocenters. The van der Waals surface area contributed by atoms with Gasteiger partial charge in [-0.15, -0.1) is 0 Å². The minimum atomic E-state index is 0.399. The highest BCUT2D eigenvalue weighted by molar-refractivity contribution is 5.86. The summed E-state index contributed by atoms with van der Waals surface area (Å²) in [5.74, 6) is 1.37. The molecular formula is C10H15NO. The molecule has 0 amide bonds. The highest BCUT2D eigenvalue weighted by Gasteiger charge is 2.51. The Hall–Kier alpha value is -0.370. The Bertz CT molecular complexity index is 230. The lowest BCUT2D eigenvalue weighted by Gasteiger charge is -2.55. The Morgan fingerprint density at radius 1 is 1.33 bits per heavy atom. The van der Waals surface area contributed by atoms with Gasteiger partial charge in [-0.05, 0) is 18.3 Å². The molecule has 0 spiro atoms. The first-order chi connectivity index (χ1) is 5.66. The van der Waals surface area contributed by atoms with Gasteiger partial charge in [-0.3, -0.25) is 4.79 Å². The summed E-state index contributed by atoms with van der Waals surface area (Å²) in [6.45, 7) is 5.72. The molecule has 0 aromatic rings. The zero-order chi connectivity index (χ0) is 8.34. The fourth-order valence-electron chi connectivity index (χ4n) is 3.61. The van der Waals surface area contributed by atoms with E-state index in [1.807, 2.05) is 0 Å². The Labute approximate surface area is 72.9 Å². The van der Waals surface area contributed by atoms with E-state index in [1.54, 1.807) is 0 Å². The molecule has 1 saturated carbocycles. The van der Waals surface area contributed by atoms with Gasteiger partial charge in [0.2, 0.25) is 0 Å². The van der Waals surface area contributed by atoms with Gasteiger partial charge in [-0.1, -0.05) is 6.92 Å². The second kappa shape index (κ2) is 1.92. The van der Waals surface area contributed by atoms with E-state index in [2.05, 4.69) is 11.8 Å². The van der Waals surface area contributed by atoms with Crippen LogP contribution in [0.3, 0.4) is 0 Å². The van der Waals surface area contributed by atoms with Crippen molar-refractivity contribution in [2.45, 2.75) is 19.8 Å². The van der Waals surface area contributed by atoms with Gasteiger partial charge in [-0.25, -0.2) is 0 Å². The lowest BCUT2D eigenvalue weighted by atomic mass is 9.60. The average molecular weight is 165 g/mol. The minimum Gasteiger partial charge on any atom is -0.301 e. The summed E-state index contributed by atoms with van der Waals surface area (Å²) in [4.78, 5) is 14.2. The molecule has 12 heavy (non-hydrogen) atoms. The second-order valence-corrected chi connectivity index (χ2v) is 5.21. The predicted octanol–water partition coefficient (Wildman–Crippen LogP) is 0.917. The van der Waals surface area contributed by atoms with Crippen LogP contribution < -0.4 is 0 Å². The predicted molar refractivity (Wildman–Crippen MR) is 45.8 cm³/mol. The van der Waals surface area contributed by atoms with E-state index in [4.69, 9.17) is 0 Å². The molecule has 2 nitrogen and oxygen atoms in total.